The van der Waals surface area contributed by atoms with Gasteiger partial charge in [0, 0.05) is 24.2 Å². The molecule has 102 valence electrons. The second-order valence-electron chi connectivity index (χ2n) is 4.66. The number of likely N-dealkylation sites (N-methyl/N-ethyl adjacent to an activating group) is 1. The quantitative estimate of drug-likeness (QED) is 0.847. The smallest absolute Gasteiger partial charge is 0.163 e. The number of halogens is 2. The van der Waals surface area contributed by atoms with Gasteiger partial charge in [0.05, 0.1) is 0 Å². The van der Waals surface area contributed by atoms with Crippen molar-refractivity contribution in [3.63, 3.8) is 0 Å². The van der Waals surface area contributed by atoms with E-state index in [1.165, 1.54) is 6.07 Å². The molecule has 0 heterocycles. The van der Waals surface area contributed by atoms with Gasteiger partial charge in [-0.05, 0) is 26.0 Å². The van der Waals surface area contributed by atoms with Gasteiger partial charge in [-0.25, -0.2) is 8.78 Å². The van der Waals surface area contributed by atoms with Crippen molar-refractivity contribution in [1.82, 2.24) is 4.90 Å². The first kappa shape index (κ1) is 15.1. The van der Waals surface area contributed by atoms with Crippen molar-refractivity contribution >= 4 is 0 Å². The van der Waals surface area contributed by atoms with E-state index in [2.05, 4.69) is 18.7 Å². The van der Waals surface area contributed by atoms with E-state index in [-0.39, 0.29) is 5.56 Å². The van der Waals surface area contributed by atoms with Crippen LogP contribution >= 0.6 is 0 Å². The third-order valence-corrected chi connectivity index (χ3v) is 3.43. The molecule has 1 aromatic carbocycles. The topological polar surface area (TPSA) is 29.3 Å². The first-order valence-corrected chi connectivity index (χ1v) is 6.40. The first-order chi connectivity index (χ1) is 8.51. The van der Waals surface area contributed by atoms with Crippen LogP contribution in [0.3, 0.4) is 0 Å². The van der Waals surface area contributed by atoms with Gasteiger partial charge in [0.2, 0.25) is 0 Å². The maximum atomic E-state index is 13.6. The third-order valence-electron chi connectivity index (χ3n) is 3.43. The summed E-state index contributed by atoms with van der Waals surface area (Å²) in [4.78, 5) is 2.11. The van der Waals surface area contributed by atoms with Crippen molar-refractivity contribution in [3.05, 3.63) is 35.4 Å². The van der Waals surface area contributed by atoms with Crippen LogP contribution in [0.1, 0.15) is 38.3 Å². The van der Waals surface area contributed by atoms with Gasteiger partial charge in [-0.3, -0.25) is 0 Å². The second-order valence-corrected chi connectivity index (χ2v) is 4.66. The molecule has 1 aromatic rings. The molecule has 0 aliphatic rings. The number of hydrogen-bond donors (Lipinski definition) is 1. The lowest BCUT2D eigenvalue weighted by molar-refractivity contribution is 0.216. The summed E-state index contributed by atoms with van der Waals surface area (Å²) in [6.07, 6.45) is 2.04. The molecule has 0 aliphatic heterocycles. The van der Waals surface area contributed by atoms with Crippen LogP contribution in [0.25, 0.3) is 0 Å². The maximum absolute atomic E-state index is 13.6. The predicted octanol–water partition coefficient (Wildman–Crippen LogP) is 3.09. The van der Waals surface area contributed by atoms with E-state index in [4.69, 9.17) is 5.73 Å². The monoisotopic (exact) mass is 256 g/mol. The standard InChI is InChI=1S/C14H22F2N2/c1-4-10(5-2)18(3)9-13(17)11-7-6-8-12(15)14(11)16/h6-8,10,13H,4-5,9,17H2,1-3H3. The summed E-state index contributed by atoms with van der Waals surface area (Å²) in [5.74, 6) is -1.67. The Morgan fingerprint density at radius 3 is 2.39 bits per heavy atom. The molecule has 1 rings (SSSR count). The van der Waals surface area contributed by atoms with Gasteiger partial charge in [-0.15, -0.1) is 0 Å². The number of rotatable bonds is 6. The molecule has 2 nitrogen and oxygen atoms in total. The van der Waals surface area contributed by atoms with E-state index >= 15 is 0 Å². The van der Waals surface area contributed by atoms with E-state index in [1.807, 2.05) is 7.05 Å². The fourth-order valence-electron chi connectivity index (χ4n) is 2.28. The van der Waals surface area contributed by atoms with Crippen LogP contribution in [0, 0.1) is 11.6 Å². The predicted molar refractivity (Wildman–Crippen MR) is 70.3 cm³/mol. The Bertz CT molecular complexity index is 378. The number of nitrogens with two attached hydrogens (primary N) is 1. The normalized spacial score (nSPS) is 13.3. The average molecular weight is 256 g/mol. The molecular formula is C14H22F2N2. The zero-order valence-corrected chi connectivity index (χ0v) is 11.3. The fourth-order valence-corrected chi connectivity index (χ4v) is 2.28. The number of benzene rings is 1. The fraction of sp³-hybridized carbons (Fsp3) is 0.571. The summed E-state index contributed by atoms with van der Waals surface area (Å²) in [5, 5.41) is 0. The summed E-state index contributed by atoms with van der Waals surface area (Å²) < 4.78 is 26.7. The zero-order chi connectivity index (χ0) is 13.7. The largest absolute Gasteiger partial charge is 0.323 e. The third kappa shape index (κ3) is 3.50. The summed E-state index contributed by atoms with van der Waals surface area (Å²) in [6.45, 7) is 4.74. The van der Waals surface area contributed by atoms with Crippen molar-refractivity contribution in [2.75, 3.05) is 13.6 Å². The lowest BCUT2D eigenvalue weighted by Gasteiger charge is -2.28. The van der Waals surface area contributed by atoms with E-state index in [0.717, 1.165) is 18.9 Å². The van der Waals surface area contributed by atoms with Crippen LogP contribution < -0.4 is 5.73 Å². The van der Waals surface area contributed by atoms with Crippen LogP contribution in [0.5, 0.6) is 0 Å². The van der Waals surface area contributed by atoms with Gasteiger partial charge in [0.15, 0.2) is 11.6 Å². The Balaban J connectivity index is 2.76. The van der Waals surface area contributed by atoms with E-state index in [0.29, 0.717) is 12.6 Å². The molecule has 1 atom stereocenters. The van der Waals surface area contributed by atoms with Crippen molar-refractivity contribution in [1.29, 1.82) is 0 Å². The summed E-state index contributed by atoms with van der Waals surface area (Å²) in [7, 11) is 1.97. The lowest BCUT2D eigenvalue weighted by Crippen LogP contribution is -2.36. The number of nitrogens with zero attached hydrogens (tertiary/aromatic N) is 1. The molecule has 0 aromatic heterocycles. The number of hydrogen-bond acceptors (Lipinski definition) is 2. The van der Waals surface area contributed by atoms with Crippen LogP contribution in [-0.4, -0.2) is 24.5 Å². The second kappa shape index (κ2) is 6.81. The molecule has 2 N–H and O–H groups in total. The van der Waals surface area contributed by atoms with Gasteiger partial charge < -0.3 is 10.6 Å². The highest BCUT2D eigenvalue weighted by Crippen LogP contribution is 2.19. The minimum absolute atomic E-state index is 0.243. The molecule has 0 fully saturated rings. The van der Waals surface area contributed by atoms with Crippen molar-refractivity contribution < 1.29 is 8.78 Å². The van der Waals surface area contributed by atoms with Gasteiger partial charge in [0.25, 0.3) is 0 Å². The molecule has 0 radical (unpaired) electrons. The van der Waals surface area contributed by atoms with Crippen molar-refractivity contribution in [2.24, 2.45) is 5.73 Å². The Morgan fingerprint density at radius 2 is 1.83 bits per heavy atom. The molecule has 1 unspecified atom stereocenters. The molecule has 0 amide bonds. The molecule has 0 saturated carbocycles. The SMILES string of the molecule is CCC(CC)N(C)CC(N)c1cccc(F)c1F. The summed E-state index contributed by atoms with van der Waals surface area (Å²) in [5.41, 5.74) is 6.21. The molecular weight excluding hydrogens is 234 g/mol. The first-order valence-electron chi connectivity index (χ1n) is 6.40. The summed E-state index contributed by atoms with van der Waals surface area (Å²) >= 11 is 0. The molecule has 0 aliphatic carbocycles. The average Bonchev–Trinajstić information content (AvgIpc) is 2.34. The van der Waals surface area contributed by atoms with Gasteiger partial charge in [0.1, 0.15) is 0 Å². The highest BCUT2D eigenvalue weighted by atomic mass is 19.2. The van der Waals surface area contributed by atoms with Gasteiger partial charge in [-0.1, -0.05) is 26.0 Å². The minimum Gasteiger partial charge on any atom is -0.323 e. The van der Waals surface area contributed by atoms with Crippen LogP contribution in [0.2, 0.25) is 0 Å². The van der Waals surface area contributed by atoms with Gasteiger partial charge >= 0.3 is 0 Å². The van der Waals surface area contributed by atoms with Crippen LogP contribution in [0.4, 0.5) is 8.78 Å². The molecule has 0 bridgehead atoms. The van der Waals surface area contributed by atoms with Crippen LogP contribution in [-0.2, 0) is 0 Å². The van der Waals surface area contributed by atoms with Gasteiger partial charge in [-0.2, -0.15) is 0 Å². The van der Waals surface area contributed by atoms with Crippen molar-refractivity contribution in [2.45, 2.75) is 38.8 Å². The molecule has 18 heavy (non-hydrogen) atoms. The Kier molecular flexibility index (Phi) is 5.69. The Morgan fingerprint density at radius 1 is 1.22 bits per heavy atom. The lowest BCUT2D eigenvalue weighted by atomic mass is 10.0. The highest BCUT2D eigenvalue weighted by molar-refractivity contribution is 5.22. The Labute approximate surface area is 108 Å². The maximum Gasteiger partial charge on any atom is 0.163 e. The molecule has 0 spiro atoms. The summed E-state index contributed by atoms with van der Waals surface area (Å²) in [6, 6.07) is 4.06. The Hall–Kier alpha value is -1.00. The van der Waals surface area contributed by atoms with E-state index < -0.39 is 17.7 Å². The van der Waals surface area contributed by atoms with E-state index in [1.54, 1.807) is 6.07 Å². The van der Waals surface area contributed by atoms with Crippen molar-refractivity contribution in [3.8, 4) is 0 Å². The zero-order valence-electron chi connectivity index (χ0n) is 11.3. The van der Waals surface area contributed by atoms with E-state index in [9.17, 15) is 8.78 Å². The molecule has 4 heteroatoms. The van der Waals surface area contributed by atoms with Crippen LogP contribution in [0.15, 0.2) is 18.2 Å². The highest BCUT2D eigenvalue weighted by Gasteiger charge is 2.18. The molecule has 0 saturated heterocycles. The minimum atomic E-state index is -0.840.